The molecule has 4 nitrogen and oxygen atoms in total. The fourth-order valence-corrected chi connectivity index (χ4v) is 2.18. The topological polar surface area (TPSA) is 55.4 Å². The van der Waals surface area contributed by atoms with Crippen molar-refractivity contribution in [1.82, 2.24) is 5.32 Å². The average Bonchev–Trinajstić information content (AvgIpc) is 2.69. The zero-order valence-electron chi connectivity index (χ0n) is 8.43. The van der Waals surface area contributed by atoms with Gasteiger partial charge in [-0.2, -0.15) is 0 Å². The molecule has 0 spiro atoms. The van der Waals surface area contributed by atoms with Crippen LogP contribution in [0.4, 0.5) is 0 Å². The highest BCUT2D eigenvalue weighted by Crippen LogP contribution is 2.21. The van der Waals surface area contributed by atoms with Gasteiger partial charge in [-0.3, -0.25) is 5.32 Å². The van der Waals surface area contributed by atoms with Crippen LogP contribution in [0.5, 0.6) is 0 Å². The maximum atomic E-state index is 11.2. The minimum atomic E-state index is -3.10. The molecule has 0 aromatic heterocycles. The van der Waals surface area contributed by atoms with Gasteiger partial charge in [0.25, 0.3) is 0 Å². The lowest BCUT2D eigenvalue weighted by atomic mass is 10.1. The first kappa shape index (κ1) is 10.6. The summed E-state index contributed by atoms with van der Waals surface area (Å²) < 4.78 is 27.8. The summed E-state index contributed by atoms with van der Waals surface area (Å²) >= 11 is 0. The molecule has 0 saturated carbocycles. The van der Waals surface area contributed by atoms with Crippen molar-refractivity contribution in [3.05, 3.63) is 29.8 Å². The molecule has 1 saturated heterocycles. The lowest BCUT2D eigenvalue weighted by molar-refractivity contribution is 0.114. The van der Waals surface area contributed by atoms with Crippen molar-refractivity contribution in [2.75, 3.05) is 19.5 Å². The van der Waals surface area contributed by atoms with Crippen LogP contribution in [-0.4, -0.2) is 27.9 Å². The molecule has 1 unspecified atom stereocenters. The molecule has 0 radical (unpaired) electrons. The van der Waals surface area contributed by atoms with Crippen LogP contribution in [0, 0.1) is 0 Å². The maximum Gasteiger partial charge on any atom is 0.175 e. The second-order valence-electron chi connectivity index (χ2n) is 3.59. The molecule has 0 aliphatic carbocycles. The normalized spacial score (nSPS) is 21.8. The van der Waals surface area contributed by atoms with Gasteiger partial charge in [-0.15, -0.1) is 0 Å². The van der Waals surface area contributed by atoms with E-state index < -0.39 is 9.84 Å². The zero-order valence-corrected chi connectivity index (χ0v) is 9.25. The first-order valence-electron chi connectivity index (χ1n) is 4.70. The summed E-state index contributed by atoms with van der Waals surface area (Å²) in [7, 11) is -3.10. The third-order valence-corrected chi connectivity index (χ3v) is 3.52. The van der Waals surface area contributed by atoms with Gasteiger partial charge in [0, 0.05) is 12.8 Å². The molecule has 1 atom stereocenters. The lowest BCUT2D eigenvalue weighted by Gasteiger charge is -2.08. The smallest absolute Gasteiger partial charge is 0.175 e. The van der Waals surface area contributed by atoms with Gasteiger partial charge in [0.2, 0.25) is 0 Å². The van der Waals surface area contributed by atoms with E-state index in [2.05, 4.69) is 5.32 Å². The fraction of sp³-hybridized carbons (Fsp3) is 0.400. The van der Waals surface area contributed by atoms with Crippen molar-refractivity contribution in [1.29, 1.82) is 0 Å². The summed E-state index contributed by atoms with van der Waals surface area (Å²) in [6.45, 7) is 1.33. The number of nitrogens with one attached hydrogen (secondary N) is 1. The van der Waals surface area contributed by atoms with E-state index in [1.807, 2.05) is 0 Å². The summed E-state index contributed by atoms with van der Waals surface area (Å²) in [6.07, 6.45) is 1.24. The summed E-state index contributed by atoms with van der Waals surface area (Å²) in [5.41, 5.74) is 1.01. The van der Waals surface area contributed by atoms with Gasteiger partial charge in [0.1, 0.15) is 0 Å². The summed E-state index contributed by atoms with van der Waals surface area (Å²) in [6, 6.07) is 6.83. The minimum absolute atomic E-state index is 0.0404. The molecular formula is C10H13NO3S. The number of rotatable bonds is 2. The van der Waals surface area contributed by atoms with E-state index in [1.165, 1.54) is 6.26 Å². The molecule has 1 aliphatic rings. The SMILES string of the molecule is CS(=O)(=O)c1ccc(C2CNCO2)cc1. The van der Waals surface area contributed by atoms with Gasteiger partial charge >= 0.3 is 0 Å². The minimum Gasteiger partial charge on any atom is -0.357 e. The Kier molecular flexibility index (Phi) is 2.77. The monoisotopic (exact) mass is 227 g/mol. The van der Waals surface area contributed by atoms with Crippen LogP contribution in [0.3, 0.4) is 0 Å². The van der Waals surface area contributed by atoms with E-state index in [4.69, 9.17) is 4.74 Å². The number of hydrogen-bond acceptors (Lipinski definition) is 4. The summed E-state index contributed by atoms with van der Waals surface area (Å²) in [5.74, 6) is 0. The Hall–Kier alpha value is -0.910. The van der Waals surface area contributed by atoms with Crippen molar-refractivity contribution in [3.8, 4) is 0 Å². The van der Waals surface area contributed by atoms with Crippen LogP contribution in [0.1, 0.15) is 11.7 Å². The second-order valence-corrected chi connectivity index (χ2v) is 5.61. The van der Waals surface area contributed by atoms with Gasteiger partial charge in [-0.05, 0) is 17.7 Å². The summed E-state index contributed by atoms with van der Waals surface area (Å²) in [5, 5.41) is 3.08. The van der Waals surface area contributed by atoms with Crippen molar-refractivity contribution in [3.63, 3.8) is 0 Å². The predicted octanol–water partition coefficient (Wildman–Crippen LogP) is 0.709. The van der Waals surface area contributed by atoms with E-state index in [9.17, 15) is 8.42 Å². The number of ether oxygens (including phenoxy) is 1. The molecule has 1 fully saturated rings. The molecule has 1 aromatic rings. The van der Waals surface area contributed by atoms with Crippen LogP contribution in [0.15, 0.2) is 29.2 Å². The number of hydrogen-bond donors (Lipinski definition) is 1. The van der Waals surface area contributed by atoms with Gasteiger partial charge in [-0.25, -0.2) is 8.42 Å². The Morgan fingerprint density at radius 1 is 1.33 bits per heavy atom. The molecule has 2 rings (SSSR count). The molecule has 15 heavy (non-hydrogen) atoms. The Balaban J connectivity index is 2.24. The molecule has 1 aliphatic heterocycles. The standard InChI is InChI=1S/C10H13NO3S/c1-15(12,13)9-4-2-8(3-5-9)10-6-11-7-14-10/h2-5,10-11H,6-7H2,1H3. The van der Waals surface area contributed by atoms with E-state index in [0.29, 0.717) is 11.6 Å². The molecule has 5 heteroatoms. The largest absolute Gasteiger partial charge is 0.357 e. The van der Waals surface area contributed by atoms with Crippen LogP contribution >= 0.6 is 0 Å². The van der Waals surface area contributed by atoms with Crippen LogP contribution in [0.2, 0.25) is 0 Å². The van der Waals surface area contributed by atoms with Crippen molar-refractivity contribution >= 4 is 9.84 Å². The number of benzene rings is 1. The van der Waals surface area contributed by atoms with Gasteiger partial charge in [0.15, 0.2) is 9.84 Å². The molecule has 0 bridgehead atoms. The van der Waals surface area contributed by atoms with Gasteiger partial charge in [0.05, 0.1) is 17.7 Å². The lowest BCUT2D eigenvalue weighted by Crippen LogP contribution is -2.08. The van der Waals surface area contributed by atoms with Crippen LogP contribution in [0.25, 0.3) is 0 Å². The van der Waals surface area contributed by atoms with Crippen LogP contribution in [-0.2, 0) is 14.6 Å². The first-order valence-corrected chi connectivity index (χ1v) is 6.59. The zero-order chi connectivity index (χ0) is 10.9. The van der Waals surface area contributed by atoms with Crippen molar-refractivity contribution < 1.29 is 13.2 Å². The Labute approximate surface area is 89.2 Å². The molecule has 1 heterocycles. The van der Waals surface area contributed by atoms with Crippen LogP contribution < -0.4 is 5.32 Å². The quantitative estimate of drug-likeness (QED) is 0.808. The molecule has 1 aromatic carbocycles. The Bertz CT molecular complexity index is 432. The van der Waals surface area contributed by atoms with Crippen molar-refractivity contribution in [2.45, 2.75) is 11.0 Å². The average molecular weight is 227 g/mol. The third kappa shape index (κ3) is 2.37. The second kappa shape index (κ2) is 3.92. The highest BCUT2D eigenvalue weighted by atomic mass is 32.2. The fourth-order valence-electron chi connectivity index (χ4n) is 1.55. The Morgan fingerprint density at radius 3 is 2.47 bits per heavy atom. The Morgan fingerprint density at radius 2 is 2.00 bits per heavy atom. The highest BCUT2D eigenvalue weighted by molar-refractivity contribution is 7.90. The highest BCUT2D eigenvalue weighted by Gasteiger charge is 2.17. The van der Waals surface area contributed by atoms with E-state index in [-0.39, 0.29) is 6.10 Å². The molecular weight excluding hydrogens is 214 g/mol. The summed E-state index contributed by atoms with van der Waals surface area (Å²) in [4.78, 5) is 0.345. The van der Waals surface area contributed by atoms with E-state index in [1.54, 1.807) is 24.3 Å². The van der Waals surface area contributed by atoms with Crippen molar-refractivity contribution in [2.24, 2.45) is 0 Å². The first-order chi connectivity index (χ1) is 7.07. The third-order valence-electron chi connectivity index (χ3n) is 2.40. The van der Waals surface area contributed by atoms with Gasteiger partial charge < -0.3 is 4.74 Å². The number of sulfone groups is 1. The predicted molar refractivity (Wildman–Crippen MR) is 56.2 cm³/mol. The van der Waals surface area contributed by atoms with E-state index in [0.717, 1.165) is 12.1 Å². The van der Waals surface area contributed by atoms with Gasteiger partial charge in [-0.1, -0.05) is 12.1 Å². The molecule has 1 N–H and O–H groups in total. The molecule has 82 valence electrons. The molecule has 0 amide bonds. The maximum absolute atomic E-state index is 11.2. The van der Waals surface area contributed by atoms with E-state index >= 15 is 0 Å².